The molecule has 0 heterocycles. The first-order chi connectivity index (χ1) is 9.98. The van der Waals surface area contributed by atoms with Crippen LogP contribution in [0.3, 0.4) is 0 Å². The Kier molecular flexibility index (Phi) is 5.47. The van der Waals surface area contributed by atoms with E-state index in [0.717, 1.165) is 24.2 Å². The quantitative estimate of drug-likeness (QED) is 0.798. The van der Waals surface area contributed by atoms with Crippen molar-refractivity contribution in [3.63, 3.8) is 0 Å². The molecular weight excluding hydrogens is 283 g/mol. The first kappa shape index (κ1) is 16.1. The lowest BCUT2D eigenvalue weighted by Gasteiger charge is -2.20. The van der Waals surface area contributed by atoms with Gasteiger partial charge in [-0.05, 0) is 37.1 Å². The predicted octanol–water partition coefficient (Wildman–Crippen LogP) is 3.46. The number of hydrogen-bond acceptors (Lipinski definition) is 3. The molecule has 0 bridgehead atoms. The molecular formula is C15H20F3NO2. The van der Waals surface area contributed by atoms with Crippen LogP contribution >= 0.6 is 0 Å². The van der Waals surface area contributed by atoms with Gasteiger partial charge in [0.05, 0.1) is 18.8 Å². The summed E-state index contributed by atoms with van der Waals surface area (Å²) in [5, 5.41) is 3.13. The van der Waals surface area contributed by atoms with Gasteiger partial charge in [0.15, 0.2) is 0 Å². The summed E-state index contributed by atoms with van der Waals surface area (Å²) < 4.78 is 46.9. The summed E-state index contributed by atoms with van der Waals surface area (Å²) in [6.45, 7) is 1.29. The monoisotopic (exact) mass is 303 g/mol. The van der Waals surface area contributed by atoms with Gasteiger partial charge in [-0.15, -0.1) is 0 Å². The number of nitrogens with one attached hydrogen (secondary N) is 1. The van der Waals surface area contributed by atoms with Crippen molar-refractivity contribution in [3.8, 4) is 5.75 Å². The molecule has 1 aromatic carbocycles. The first-order valence-corrected chi connectivity index (χ1v) is 7.12. The van der Waals surface area contributed by atoms with Crippen LogP contribution in [0.25, 0.3) is 0 Å². The van der Waals surface area contributed by atoms with Gasteiger partial charge in [-0.2, -0.15) is 13.2 Å². The van der Waals surface area contributed by atoms with E-state index < -0.39 is 12.8 Å². The van der Waals surface area contributed by atoms with Gasteiger partial charge < -0.3 is 14.8 Å². The van der Waals surface area contributed by atoms with Crippen LogP contribution in [0.1, 0.15) is 31.4 Å². The molecule has 1 atom stereocenters. The highest BCUT2D eigenvalue weighted by Gasteiger charge is 2.28. The molecule has 1 saturated carbocycles. The minimum atomic E-state index is -4.30. The molecule has 1 fully saturated rings. The Hall–Kier alpha value is -1.27. The van der Waals surface area contributed by atoms with Crippen molar-refractivity contribution in [2.24, 2.45) is 0 Å². The molecule has 0 aromatic heterocycles. The van der Waals surface area contributed by atoms with Crippen molar-refractivity contribution >= 4 is 0 Å². The lowest BCUT2D eigenvalue weighted by atomic mass is 10.1. The molecule has 1 aliphatic carbocycles. The Morgan fingerprint density at radius 1 is 1.33 bits per heavy atom. The third-order valence-corrected chi connectivity index (χ3v) is 3.09. The molecule has 118 valence electrons. The maximum absolute atomic E-state index is 12.1. The normalized spacial score (nSPS) is 16.8. The minimum Gasteiger partial charge on any atom is -0.490 e. The molecule has 0 aliphatic heterocycles. The highest BCUT2D eigenvalue weighted by atomic mass is 19.4. The fraction of sp³-hybridized carbons (Fsp3) is 0.600. The van der Waals surface area contributed by atoms with Crippen molar-refractivity contribution < 1.29 is 22.6 Å². The summed E-state index contributed by atoms with van der Waals surface area (Å²) in [7, 11) is 0. The molecule has 0 radical (unpaired) electrons. The van der Waals surface area contributed by atoms with Crippen LogP contribution in [0.5, 0.6) is 5.75 Å². The zero-order valence-corrected chi connectivity index (χ0v) is 12.0. The van der Waals surface area contributed by atoms with E-state index in [1.165, 1.54) is 0 Å². The first-order valence-electron chi connectivity index (χ1n) is 7.12. The number of likely N-dealkylation sites (N-methyl/N-ethyl adjacent to an activating group) is 1. The van der Waals surface area contributed by atoms with Gasteiger partial charge in [0.25, 0.3) is 0 Å². The second-order valence-corrected chi connectivity index (χ2v) is 5.13. The van der Waals surface area contributed by atoms with Crippen LogP contribution in [-0.2, 0) is 4.74 Å². The average Bonchev–Trinajstić information content (AvgIpc) is 3.21. The smallest absolute Gasteiger partial charge is 0.411 e. The standard InChI is InChI=1S/C15H20F3NO2/c1-2-19-14(9-20-10-15(16,17)18)11-4-3-5-13(8-11)21-12-6-7-12/h3-5,8,12,14,19H,2,6-7,9-10H2,1H3. The lowest BCUT2D eigenvalue weighted by Crippen LogP contribution is -2.28. The Labute approximate surface area is 122 Å². The van der Waals surface area contributed by atoms with E-state index in [4.69, 9.17) is 9.47 Å². The second kappa shape index (κ2) is 7.13. The highest BCUT2D eigenvalue weighted by Crippen LogP contribution is 2.28. The van der Waals surface area contributed by atoms with Gasteiger partial charge in [-0.3, -0.25) is 0 Å². The van der Waals surface area contributed by atoms with Gasteiger partial charge >= 0.3 is 6.18 Å². The summed E-state index contributed by atoms with van der Waals surface area (Å²) in [4.78, 5) is 0. The van der Waals surface area contributed by atoms with E-state index in [2.05, 4.69) is 5.32 Å². The lowest BCUT2D eigenvalue weighted by molar-refractivity contribution is -0.175. The summed E-state index contributed by atoms with van der Waals surface area (Å²) in [6.07, 6.45) is -1.88. The Bertz CT molecular complexity index is 447. The van der Waals surface area contributed by atoms with Crippen molar-refractivity contribution in [2.45, 2.75) is 38.1 Å². The van der Waals surface area contributed by atoms with Gasteiger partial charge in [-0.25, -0.2) is 0 Å². The van der Waals surface area contributed by atoms with Crippen LogP contribution in [0, 0.1) is 0 Å². The van der Waals surface area contributed by atoms with E-state index in [1.807, 2.05) is 31.2 Å². The summed E-state index contributed by atoms with van der Waals surface area (Å²) in [5.41, 5.74) is 0.872. The molecule has 2 rings (SSSR count). The molecule has 1 aromatic rings. The molecule has 21 heavy (non-hydrogen) atoms. The summed E-state index contributed by atoms with van der Waals surface area (Å²) in [5.74, 6) is 0.758. The van der Waals surface area contributed by atoms with E-state index in [1.54, 1.807) is 0 Å². The number of alkyl halides is 3. The Morgan fingerprint density at radius 2 is 2.10 bits per heavy atom. The molecule has 0 amide bonds. The van der Waals surface area contributed by atoms with E-state index in [0.29, 0.717) is 12.6 Å². The number of hydrogen-bond donors (Lipinski definition) is 1. The number of halogens is 3. The fourth-order valence-electron chi connectivity index (χ4n) is 1.99. The molecule has 1 aliphatic rings. The van der Waals surface area contributed by atoms with Crippen LogP contribution < -0.4 is 10.1 Å². The van der Waals surface area contributed by atoms with Crippen LogP contribution in [-0.4, -0.2) is 32.0 Å². The van der Waals surface area contributed by atoms with E-state index in [-0.39, 0.29) is 12.6 Å². The Balaban J connectivity index is 1.95. The second-order valence-electron chi connectivity index (χ2n) is 5.13. The SMILES string of the molecule is CCNC(COCC(F)(F)F)c1cccc(OC2CC2)c1. The van der Waals surface area contributed by atoms with Crippen molar-refractivity contribution in [1.82, 2.24) is 5.32 Å². The summed E-state index contributed by atoms with van der Waals surface area (Å²) in [6, 6.07) is 7.16. The largest absolute Gasteiger partial charge is 0.490 e. The molecule has 1 N–H and O–H groups in total. The van der Waals surface area contributed by atoms with Gasteiger partial charge in [-0.1, -0.05) is 19.1 Å². The zero-order chi connectivity index (χ0) is 15.3. The van der Waals surface area contributed by atoms with Crippen LogP contribution in [0.4, 0.5) is 13.2 Å². The highest BCUT2D eigenvalue weighted by molar-refractivity contribution is 5.31. The van der Waals surface area contributed by atoms with E-state index in [9.17, 15) is 13.2 Å². The zero-order valence-electron chi connectivity index (χ0n) is 12.0. The summed E-state index contributed by atoms with van der Waals surface area (Å²) >= 11 is 0. The third kappa shape index (κ3) is 5.93. The average molecular weight is 303 g/mol. The maximum Gasteiger partial charge on any atom is 0.411 e. The number of rotatable bonds is 8. The number of ether oxygens (including phenoxy) is 2. The van der Waals surface area contributed by atoms with Crippen LogP contribution in [0.2, 0.25) is 0 Å². The van der Waals surface area contributed by atoms with E-state index >= 15 is 0 Å². The van der Waals surface area contributed by atoms with Gasteiger partial charge in [0.2, 0.25) is 0 Å². The van der Waals surface area contributed by atoms with Gasteiger partial charge in [0.1, 0.15) is 12.4 Å². The third-order valence-electron chi connectivity index (χ3n) is 3.09. The minimum absolute atomic E-state index is 0.0275. The molecule has 1 unspecified atom stereocenters. The Morgan fingerprint density at radius 3 is 2.71 bits per heavy atom. The van der Waals surface area contributed by atoms with Crippen LogP contribution in [0.15, 0.2) is 24.3 Å². The molecule has 0 saturated heterocycles. The topological polar surface area (TPSA) is 30.5 Å². The van der Waals surface area contributed by atoms with Gasteiger partial charge in [0, 0.05) is 0 Å². The number of benzene rings is 1. The van der Waals surface area contributed by atoms with Crippen molar-refractivity contribution in [3.05, 3.63) is 29.8 Å². The molecule has 6 heteroatoms. The van der Waals surface area contributed by atoms with Crippen molar-refractivity contribution in [2.75, 3.05) is 19.8 Å². The molecule has 0 spiro atoms. The predicted molar refractivity (Wildman–Crippen MR) is 73.4 cm³/mol. The van der Waals surface area contributed by atoms with Crippen molar-refractivity contribution in [1.29, 1.82) is 0 Å². The molecule has 3 nitrogen and oxygen atoms in total. The fourth-order valence-corrected chi connectivity index (χ4v) is 1.99. The maximum atomic E-state index is 12.1.